The van der Waals surface area contributed by atoms with E-state index in [-0.39, 0.29) is 5.91 Å². The highest BCUT2D eigenvalue weighted by Gasteiger charge is 1.99. The molecule has 0 saturated carbocycles. The van der Waals surface area contributed by atoms with Crippen LogP contribution >= 0.6 is 0 Å². The summed E-state index contributed by atoms with van der Waals surface area (Å²) in [6.07, 6.45) is 2.09. The van der Waals surface area contributed by atoms with Gasteiger partial charge in [-0.25, -0.2) is 0 Å². The SMILES string of the molecule is CCOCCC(=O)NCCCOCCOCCOCCCN. The quantitative estimate of drug-likeness (QED) is 0.375. The molecule has 0 unspecified atom stereocenters. The summed E-state index contributed by atoms with van der Waals surface area (Å²) in [5, 5.41) is 2.82. The molecule has 0 fully saturated rings. The number of ether oxygens (including phenoxy) is 4. The van der Waals surface area contributed by atoms with Crippen molar-refractivity contribution in [3.05, 3.63) is 0 Å². The van der Waals surface area contributed by atoms with Crippen LogP contribution in [0, 0.1) is 0 Å². The van der Waals surface area contributed by atoms with Gasteiger partial charge in [-0.2, -0.15) is 0 Å². The molecule has 7 heteroatoms. The molecule has 0 radical (unpaired) electrons. The molecular formula is C15H32N2O5. The summed E-state index contributed by atoms with van der Waals surface area (Å²) in [6, 6.07) is 0. The molecule has 0 aromatic carbocycles. The Hall–Kier alpha value is -0.730. The zero-order valence-corrected chi connectivity index (χ0v) is 13.8. The standard InChI is InChI=1S/C15H32N2O5/c1-2-19-10-5-15(18)17-7-4-9-21-12-14-22-13-11-20-8-3-6-16/h2-14,16H2,1H3,(H,17,18). The zero-order chi connectivity index (χ0) is 16.3. The first-order valence-electron chi connectivity index (χ1n) is 8.09. The molecule has 0 aromatic rings. The molecule has 0 aliphatic heterocycles. The summed E-state index contributed by atoms with van der Waals surface area (Å²) in [5.74, 6) is 0.0198. The van der Waals surface area contributed by atoms with E-state index in [1.54, 1.807) is 0 Å². The van der Waals surface area contributed by atoms with Gasteiger partial charge in [-0.1, -0.05) is 0 Å². The Morgan fingerprint density at radius 3 is 2.05 bits per heavy atom. The molecular weight excluding hydrogens is 288 g/mol. The van der Waals surface area contributed by atoms with Crippen molar-refractivity contribution in [3.63, 3.8) is 0 Å². The Kier molecular flexibility index (Phi) is 17.7. The normalized spacial score (nSPS) is 10.8. The van der Waals surface area contributed by atoms with Crippen molar-refractivity contribution in [1.29, 1.82) is 0 Å². The number of hydrogen-bond donors (Lipinski definition) is 2. The maximum atomic E-state index is 11.3. The summed E-state index contributed by atoms with van der Waals surface area (Å²) in [5.41, 5.74) is 5.35. The van der Waals surface area contributed by atoms with Crippen LogP contribution in [0.1, 0.15) is 26.2 Å². The van der Waals surface area contributed by atoms with Gasteiger partial charge in [0.2, 0.25) is 5.91 Å². The molecule has 7 nitrogen and oxygen atoms in total. The van der Waals surface area contributed by atoms with E-state index in [0.29, 0.717) is 72.4 Å². The van der Waals surface area contributed by atoms with Gasteiger partial charge in [0.25, 0.3) is 0 Å². The number of hydrogen-bond acceptors (Lipinski definition) is 6. The molecule has 132 valence electrons. The third-order valence-electron chi connectivity index (χ3n) is 2.70. The first-order valence-corrected chi connectivity index (χ1v) is 8.09. The monoisotopic (exact) mass is 320 g/mol. The highest BCUT2D eigenvalue weighted by atomic mass is 16.5. The summed E-state index contributed by atoms with van der Waals surface area (Å²) in [4.78, 5) is 11.3. The lowest BCUT2D eigenvalue weighted by Crippen LogP contribution is -2.26. The van der Waals surface area contributed by atoms with Gasteiger partial charge in [-0.3, -0.25) is 4.79 Å². The van der Waals surface area contributed by atoms with Gasteiger partial charge in [0.05, 0.1) is 33.0 Å². The Bertz CT molecular complexity index is 242. The minimum atomic E-state index is 0.0198. The third kappa shape index (κ3) is 17.3. The maximum absolute atomic E-state index is 11.3. The van der Waals surface area contributed by atoms with Crippen molar-refractivity contribution in [2.75, 3.05) is 65.9 Å². The highest BCUT2D eigenvalue weighted by molar-refractivity contribution is 5.75. The van der Waals surface area contributed by atoms with Crippen LogP contribution in [-0.2, 0) is 23.7 Å². The molecule has 1 amide bonds. The summed E-state index contributed by atoms with van der Waals surface area (Å²) < 4.78 is 21.2. The number of amides is 1. The van der Waals surface area contributed by atoms with Crippen LogP contribution in [-0.4, -0.2) is 71.9 Å². The molecule has 0 rings (SSSR count). The van der Waals surface area contributed by atoms with E-state index < -0.39 is 0 Å². The number of carbonyl (C=O) groups is 1. The van der Waals surface area contributed by atoms with Crippen molar-refractivity contribution in [1.82, 2.24) is 5.32 Å². The summed E-state index contributed by atoms with van der Waals surface area (Å²) >= 11 is 0. The van der Waals surface area contributed by atoms with Gasteiger partial charge in [0.15, 0.2) is 0 Å². The topological polar surface area (TPSA) is 92.0 Å². The van der Waals surface area contributed by atoms with Gasteiger partial charge in [-0.15, -0.1) is 0 Å². The van der Waals surface area contributed by atoms with Crippen LogP contribution in [0.5, 0.6) is 0 Å². The second-order valence-corrected chi connectivity index (χ2v) is 4.63. The van der Waals surface area contributed by atoms with Gasteiger partial charge >= 0.3 is 0 Å². The number of nitrogens with one attached hydrogen (secondary N) is 1. The second-order valence-electron chi connectivity index (χ2n) is 4.63. The van der Waals surface area contributed by atoms with Crippen LogP contribution < -0.4 is 11.1 Å². The van der Waals surface area contributed by atoms with Crippen molar-refractivity contribution < 1.29 is 23.7 Å². The second kappa shape index (κ2) is 18.3. The van der Waals surface area contributed by atoms with Crippen LogP contribution in [0.4, 0.5) is 0 Å². The predicted octanol–water partition coefficient (Wildman–Crippen LogP) is 0.318. The van der Waals surface area contributed by atoms with Gasteiger partial charge in [-0.05, 0) is 26.3 Å². The molecule has 0 aliphatic carbocycles. The van der Waals surface area contributed by atoms with Crippen LogP contribution in [0.3, 0.4) is 0 Å². The van der Waals surface area contributed by atoms with Crippen molar-refractivity contribution in [2.24, 2.45) is 5.73 Å². The predicted molar refractivity (Wildman–Crippen MR) is 84.9 cm³/mol. The van der Waals surface area contributed by atoms with E-state index in [1.165, 1.54) is 0 Å². The minimum absolute atomic E-state index is 0.0198. The smallest absolute Gasteiger partial charge is 0.222 e. The van der Waals surface area contributed by atoms with Crippen molar-refractivity contribution in [2.45, 2.75) is 26.2 Å². The molecule has 0 aromatic heterocycles. The molecule has 3 N–H and O–H groups in total. The lowest BCUT2D eigenvalue weighted by atomic mass is 10.4. The largest absolute Gasteiger partial charge is 0.381 e. The van der Waals surface area contributed by atoms with Crippen LogP contribution in [0.25, 0.3) is 0 Å². The maximum Gasteiger partial charge on any atom is 0.222 e. The first kappa shape index (κ1) is 21.3. The van der Waals surface area contributed by atoms with Crippen LogP contribution in [0.2, 0.25) is 0 Å². The molecule has 0 heterocycles. The fourth-order valence-electron chi connectivity index (χ4n) is 1.53. The van der Waals surface area contributed by atoms with E-state index in [4.69, 9.17) is 24.7 Å². The number of rotatable bonds is 17. The fraction of sp³-hybridized carbons (Fsp3) is 0.933. The van der Waals surface area contributed by atoms with Crippen molar-refractivity contribution in [3.8, 4) is 0 Å². The number of nitrogens with two attached hydrogens (primary N) is 1. The van der Waals surface area contributed by atoms with Gasteiger partial charge in [0.1, 0.15) is 0 Å². The average Bonchev–Trinajstić information content (AvgIpc) is 2.52. The van der Waals surface area contributed by atoms with E-state index in [0.717, 1.165) is 12.8 Å². The van der Waals surface area contributed by atoms with E-state index in [9.17, 15) is 4.79 Å². The molecule has 22 heavy (non-hydrogen) atoms. The van der Waals surface area contributed by atoms with Crippen molar-refractivity contribution >= 4 is 5.91 Å². The van der Waals surface area contributed by atoms with E-state index in [2.05, 4.69) is 5.32 Å². The Morgan fingerprint density at radius 2 is 1.45 bits per heavy atom. The third-order valence-corrected chi connectivity index (χ3v) is 2.70. The fourth-order valence-corrected chi connectivity index (χ4v) is 1.53. The van der Waals surface area contributed by atoms with Gasteiger partial charge in [0, 0.05) is 32.8 Å². The number of carbonyl (C=O) groups excluding carboxylic acids is 1. The lowest BCUT2D eigenvalue weighted by Gasteiger charge is -2.07. The molecule has 0 aliphatic rings. The highest BCUT2D eigenvalue weighted by Crippen LogP contribution is 1.87. The molecule has 0 spiro atoms. The van der Waals surface area contributed by atoms with Crippen LogP contribution in [0.15, 0.2) is 0 Å². The zero-order valence-electron chi connectivity index (χ0n) is 13.8. The van der Waals surface area contributed by atoms with E-state index >= 15 is 0 Å². The van der Waals surface area contributed by atoms with Gasteiger partial charge < -0.3 is 30.0 Å². The Morgan fingerprint density at radius 1 is 0.864 bits per heavy atom. The lowest BCUT2D eigenvalue weighted by molar-refractivity contribution is -0.122. The first-order chi connectivity index (χ1) is 10.8. The van der Waals surface area contributed by atoms with E-state index in [1.807, 2.05) is 6.92 Å². The summed E-state index contributed by atoms with van der Waals surface area (Å²) in [6.45, 7) is 7.89. The Balaban J connectivity index is 3.06. The average molecular weight is 320 g/mol. The minimum Gasteiger partial charge on any atom is -0.381 e. The Labute approximate surface area is 133 Å². The molecule has 0 saturated heterocycles. The summed E-state index contributed by atoms with van der Waals surface area (Å²) in [7, 11) is 0. The molecule has 0 bridgehead atoms. The molecule has 0 atom stereocenters.